The fraction of sp³-hybridized carbons (Fsp3) is 0.158. The van der Waals surface area contributed by atoms with Crippen molar-refractivity contribution < 1.29 is 5.11 Å². The second-order valence-electron chi connectivity index (χ2n) is 4.86. The molecular weight excluding hydrogens is 244 g/mol. The Morgan fingerprint density at radius 3 is 2.00 bits per heavy atom. The van der Waals surface area contributed by atoms with E-state index in [2.05, 4.69) is 49.6 Å². The van der Waals surface area contributed by atoms with Gasteiger partial charge < -0.3 is 5.11 Å². The molecule has 1 nitrogen and oxygen atoms in total. The van der Waals surface area contributed by atoms with E-state index in [4.69, 9.17) is 5.11 Å². The van der Waals surface area contributed by atoms with Crippen molar-refractivity contribution in [3.63, 3.8) is 0 Å². The SMILES string of the molecule is C=CCCc1ccc(-c2ccc(C(=C)CO)cc2)cc1. The highest BCUT2D eigenvalue weighted by atomic mass is 16.3. The number of aliphatic hydroxyl groups excluding tert-OH is 1. The third-order valence-electron chi connectivity index (χ3n) is 3.41. The summed E-state index contributed by atoms with van der Waals surface area (Å²) in [7, 11) is 0. The first kappa shape index (κ1) is 14.3. The molecule has 0 saturated heterocycles. The minimum absolute atomic E-state index is 0.00263. The zero-order valence-electron chi connectivity index (χ0n) is 11.7. The van der Waals surface area contributed by atoms with Gasteiger partial charge in [0.05, 0.1) is 6.61 Å². The summed E-state index contributed by atoms with van der Waals surface area (Å²) in [6, 6.07) is 16.8. The Bertz CT molecular complexity index is 576. The van der Waals surface area contributed by atoms with Crippen LogP contribution in [0, 0.1) is 0 Å². The molecule has 0 fully saturated rings. The van der Waals surface area contributed by atoms with Gasteiger partial charge in [0, 0.05) is 0 Å². The van der Waals surface area contributed by atoms with Gasteiger partial charge in [0.15, 0.2) is 0 Å². The lowest BCUT2D eigenvalue weighted by atomic mass is 9.99. The first-order valence-corrected chi connectivity index (χ1v) is 6.84. The average Bonchev–Trinajstić information content (AvgIpc) is 2.53. The Morgan fingerprint density at radius 2 is 1.50 bits per heavy atom. The Kier molecular flexibility index (Phi) is 4.91. The van der Waals surface area contributed by atoms with Gasteiger partial charge in [-0.05, 0) is 40.7 Å². The Morgan fingerprint density at radius 1 is 0.950 bits per heavy atom. The van der Waals surface area contributed by atoms with Gasteiger partial charge in [0.25, 0.3) is 0 Å². The van der Waals surface area contributed by atoms with E-state index in [1.165, 1.54) is 16.7 Å². The molecule has 0 aromatic heterocycles. The number of rotatable bonds is 6. The molecule has 0 heterocycles. The second kappa shape index (κ2) is 6.88. The molecule has 0 saturated carbocycles. The lowest BCUT2D eigenvalue weighted by Gasteiger charge is -2.06. The lowest BCUT2D eigenvalue weighted by Crippen LogP contribution is -1.88. The minimum atomic E-state index is -0.00263. The van der Waals surface area contributed by atoms with Gasteiger partial charge in [0.1, 0.15) is 0 Å². The molecule has 0 aliphatic carbocycles. The van der Waals surface area contributed by atoms with Gasteiger partial charge in [-0.3, -0.25) is 0 Å². The van der Waals surface area contributed by atoms with Crippen molar-refractivity contribution in [1.29, 1.82) is 0 Å². The molecule has 0 amide bonds. The molecule has 0 aliphatic heterocycles. The van der Waals surface area contributed by atoms with Gasteiger partial charge in [-0.25, -0.2) is 0 Å². The van der Waals surface area contributed by atoms with E-state index in [1.807, 2.05) is 18.2 Å². The van der Waals surface area contributed by atoms with Crippen molar-refractivity contribution in [2.75, 3.05) is 6.61 Å². The second-order valence-corrected chi connectivity index (χ2v) is 4.86. The Balaban J connectivity index is 2.15. The maximum Gasteiger partial charge on any atom is 0.0681 e. The highest BCUT2D eigenvalue weighted by Crippen LogP contribution is 2.22. The summed E-state index contributed by atoms with van der Waals surface area (Å²) in [6.45, 7) is 7.57. The summed E-state index contributed by atoms with van der Waals surface area (Å²) in [6.07, 6.45) is 4.00. The fourth-order valence-corrected chi connectivity index (χ4v) is 2.12. The summed E-state index contributed by atoms with van der Waals surface area (Å²) in [4.78, 5) is 0. The van der Waals surface area contributed by atoms with Crippen molar-refractivity contribution in [3.05, 3.63) is 78.9 Å². The summed E-state index contributed by atoms with van der Waals surface area (Å²) >= 11 is 0. The molecule has 0 bridgehead atoms. The zero-order chi connectivity index (χ0) is 14.4. The van der Waals surface area contributed by atoms with Crippen LogP contribution in [0.25, 0.3) is 16.7 Å². The van der Waals surface area contributed by atoms with Crippen LogP contribution in [0.5, 0.6) is 0 Å². The Labute approximate surface area is 120 Å². The molecular formula is C19H20O. The summed E-state index contributed by atoms with van der Waals surface area (Å²) in [5.41, 5.74) is 5.44. The topological polar surface area (TPSA) is 20.2 Å². The molecule has 0 atom stereocenters. The van der Waals surface area contributed by atoms with E-state index in [1.54, 1.807) is 0 Å². The molecule has 2 aromatic carbocycles. The Hall–Kier alpha value is -2.12. The maximum absolute atomic E-state index is 9.07. The van der Waals surface area contributed by atoms with Gasteiger partial charge in [0.2, 0.25) is 0 Å². The normalized spacial score (nSPS) is 10.2. The van der Waals surface area contributed by atoms with E-state index in [9.17, 15) is 0 Å². The molecule has 1 heteroatoms. The van der Waals surface area contributed by atoms with Crippen molar-refractivity contribution >= 4 is 5.57 Å². The predicted molar refractivity (Wildman–Crippen MR) is 86.5 cm³/mol. The quantitative estimate of drug-likeness (QED) is 0.763. The summed E-state index contributed by atoms with van der Waals surface area (Å²) < 4.78 is 0. The van der Waals surface area contributed by atoms with Gasteiger partial charge in [-0.1, -0.05) is 61.2 Å². The third kappa shape index (κ3) is 3.46. The number of benzene rings is 2. The average molecular weight is 264 g/mol. The highest BCUT2D eigenvalue weighted by molar-refractivity contribution is 5.69. The van der Waals surface area contributed by atoms with Gasteiger partial charge in [-0.2, -0.15) is 0 Å². The summed E-state index contributed by atoms with van der Waals surface area (Å²) in [5.74, 6) is 0. The molecule has 0 radical (unpaired) electrons. The van der Waals surface area contributed by atoms with Crippen molar-refractivity contribution in [3.8, 4) is 11.1 Å². The molecule has 0 spiro atoms. The number of aryl methyl sites for hydroxylation is 1. The first-order valence-electron chi connectivity index (χ1n) is 6.84. The van der Waals surface area contributed by atoms with E-state index in [-0.39, 0.29) is 6.61 Å². The van der Waals surface area contributed by atoms with E-state index in [0.29, 0.717) is 0 Å². The third-order valence-corrected chi connectivity index (χ3v) is 3.41. The summed E-state index contributed by atoms with van der Waals surface area (Å²) in [5, 5.41) is 9.07. The van der Waals surface area contributed by atoms with E-state index < -0.39 is 0 Å². The minimum Gasteiger partial charge on any atom is -0.392 e. The molecule has 0 aliphatic rings. The van der Waals surface area contributed by atoms with Gasteiger partial charge >= 0.3 is 0 Å². The first-order chi connectivity index (χ1) is 9.74. The molecule has 2 aromatic rings. The number of hydrogen-bond acceptors (Lipinski definition) is 1. The standard InChI is InChI=1S/C19H20O/c1-3-4-5-16-6-8-18(9-7-16)19-12-10-17(11-13-19)15(2)14-20/h3,6-13,20H,1-2,4-5,14H2. The molecule has 2 rings (SSSR count). The lowest BCUT2D eigenvalue weighted by molar-refractivity contribution is 0.350. The number of aliphatic hydroxyl groups is 1. The molecule has 1 N–H and O–H groups in total. The van der Waals surface area contributed by atoms with Crippen molar-refractivity contribution in [2.45, 2.75) is 12.8 Å². The van der Waals surface area contributed by atoms with Crippen molar-refractivity contribution in [1.82, 2.24) is 0 Å². The fourth-order valence-electron chi connectivity index (χ4n) is 2.12. The van der Waals surface area contributed by atoms with Crippen LogP contribution >= 0.6 is 0 Å². The molecule has 102 valence electrons. The molecule has 0 unspecified atom stereocenters. The number of allylic oxidation sites excluding steroid dienone is 1. The van der Waals surface area contributed by atoms with Crippen LogP contribution < -0.4 is 0 Å². The van der Waals surface area contributed by atoms with E-state index in [0.717, 1.165) is 24.0 Å². The largest absolute Gasteiger partial charge is 0.392 e. The molecule has 20 heavy (non-hydrogen) atoms. The van der Waals surface area contributed by atoms with Crippen LogP contribution in [0.15, 0.2) is 67.8 Å². The predicted octanol–water partition coefficient (Wildman–Crippen LogP) is 4.48. The number of hydrogen-bond donors (Lipinski definition) is 1. The van der Waals surface area contributed by atoms with Crippen LogP contribution in [0.3, 0.4) is 0 Å². The van der Waals surface area contributed by atoms with Crippen LogP contribution in [0.1, 0.15) is 17.5 Å². The zero-order valence-corrected chi connectivity index (χ0v) is 11.7. The van der Waals surface area contributed by atoms with Crippen LogP contribution in [-0.2, 0) is 6.42 Å². The monoisotopic (exact) mass is 264 g/mol. The highest BCUT2D eigenvalue weighted by Gasteiger charge is 2.00. The maximum atomic E-state index is 9.07. The van der Waals surface area contributed by atoms with E-state index >= 15 is 0 Å². The van der Waals surface area contributed by atoms with Crippen LogP contribution in [0.4, 0.5) is 0 Å². The van der Waals surface area contributed by atoms with Crippen LogP contribution in [-0.4, -0.2) is 11.7 Å². The van der Waals surface area contributed by atoms with Crippen molar-refractivity contribution in [2.24, 2.45) is 0 Å². The van der Waals surface area contributed by atoms with Crippen LogP contribution in [0.2, 0.25) is 0 Å². The van der Waals surface area contributed by atoms with Gasteiger partial charge in [-0.15, -0.1) is 6.58 Å². The smallest absolute Gasteiger partial charge is 0.0681 e.